The van der Waals surface area contributed by atoms with Crippen LogP contribution in [0.2, 0.25) is 5.02 Å². The van der Waals surface area contributed by atoms with Crippen molar-refractivity contribution in [1.29, 1.82) is 0 Å². The number of ketones is 1. The van der Waals surface area contributed by atoms with Gasteiger partial charge in [0.1, 0.15) is 5.78 Å². The highest BCUT2D eigenvalue weighted by molar-refractivity contribution is 6.30. The Morgan fingerprint density at radius 3 is 2.68 bits per heavy atom. The Balaban J connectivity index is 1.69. The molecule has 1 amide bonds. The van der Waals surface area contributed by atoms with Crippen molar-refractivity contribution in [3.8, 4) is 0 Å². The fourth-order valence-corrected chi connectivity index (χ4v) is 2.58. The normalized spacial score (nSPS) is 18.6. The summed E-state index contributed by atoms with van der Waals surface area (Å²) < 4.78 is 0. The average Bonchev–Trinajstić information content (AvgIpc) is 2.78. The molecular weight excluding hydrogens is 262 g/mol. The molecule has 19 heavy (non-hydrogen) atoms. The SMILES string of the molecule is O=C(CCC[C@@H]1CCCC1=O)Nc1ccc(Cl)cc1. The predicted octanol–water partition coefficient (Wildman–Crippen LogP) is 3.82. The summed E-state index contributed by atoms with van der Waals surface area (Å²) in [5.74, 6) is 0.564. The van der Waals surface area contributed by atoms with Gasteiger partial charge in [0, 0.05) is 29.5 Å². The van der Waals surface area contributed by atoms with E-state index in [4.69, 9.17) is 11.6 Å². The Kier molecular flexibility index (Phi) is 4.97. The summed E-state index contributed by atoms with van der Waals surface area (Å²) in [6.45, 7) is 0. The van der Waals surface area contributed by atoms with Crippen molar-refractivity contribution in [2.75, 3.05) is 5.32 Å². The zero-order valence-corrected chi connectivity index (χ0v) is 11.6. The van der Waals surface area contributed by atoms with Crippen molar-refractivity contribution in [2.24, 2.45) is 5.92 Å². The lowest BCUT2D eigenvalue weighted by molar-refractivity contribution is -0.121. The molecule has 0 aliphatic heterocycles. The van der Waals surface area contributed by atoms with Crippen LogP contribution in [0.4, 0.5) is 5.69 Å². The number of hydrogen-bond donors (Lipinski definition) is 1. The molecule has 0 aromatic heterocycles. The van der Waals surface area contributed by atoms with Gasteiger partial charge in [-0.1, -0.05) is 11.6 Å². The number of anilines is 1. The molecule has 4 heteroatoms. The van der Waals surface area contributed by atoms with Crippen LogP contribution in [0.25, 0.3) is 0 Å². The molecule has 1 N–H and O–H groups in total. The van der Waals surface area contributed by atoms with Crippen LogP contribution in [0, 0.1) is 5.92 Å². The Morgan fingerprint density at radius 1 is 1.32 bits per heavy atom. The Labute approximate surface area is 118 Å². The fourth-order valence-electron chi connectivity index (χ4n) is 2.46. The van der Waals surface area contributed by atoms with Crippen LogP contribution in [-0.4, -0.2) is 11.7 Å². The molecule has 2 rings (SSSR count). The van der Waals surface area contributed by atoms with Gasteiger partial charge < -0.3 is 5.32 Å². The number of halogens is 1. The molecule has 0 bridgehead atoms. The molecule has 0 heterocycles. The zero-order valence-electron chi connectivity index (χ0n) is 10.8. The van der Waals surface area contributed by atoms with E-state index in [9.17, 15) is 9.59 Å². The first kappa shape index (κ1) is 14.1. The molecular formula is C15H18ClNO2. The summed E-state index contributed by atoms with van der Waals surface area (Å²) in [5.41, 5.74) is 0.756. The lowest BCUT2D eigenvalue weighted by atomic mass is 9.99. The number of hydrogen-bond acceptors (Lipinski definition) is 2. The van der Waals surface area contributed by atoms with Gasteiger partial charge in [0.25, 0.3) is 0 Å². The summed E-state index contributed by atoms with van der Waals surface area (Å²) in [6, 6.07) is 7.05. The monoisotopic (exact) mass is 279 g/mol. The first-order valence-corrected chi connectivity index (χ1v) is 7.11. The summed E-state index contributed by atoms with van der Waals surface area (Å²) >= 11 is 5.77. The number of rotatable bonds is 5. The van der Waals surface area contributed by atoms with Gasteiger partial charge in [-0.25, -0.2) is 0 Å². The highest BCUT2D eigenvalue weighted by Gasteiger charge is 2.23. The second-order valence-electron chi connectivity index (χ2n) is 5.00. The van der Waals surface area contributed by atoms with E-state index in [0.717, 1.165) is 37.8 Å². The highest BCUT2D eigenvalue weighted by atomic mass is 35.5. The second kappa shape index (κ2) is 6.71. The third kappa shape index (κ3) is 4.35. The number of nitrogens with one attached hydrogen (secondary N) is 1. The maximum Gasteiger partial charge on any atom is 0.224 e. The lowest BCUT2D eigenvalue weighted by Crippen LogP contribution is -2.12. The number of carbonyl (C=O) groups excluding carboxylic acids is 2. The molecule has 1 aliphatic carbocycles. The van der Waals surface area contributed by atoms with Crippen LogP contribution >= 0.6 is 11.6 Å². The van der Waals surface area contributed by atoms with Gasteiger partial charge in [-0.15, -0.1) is 0 Å². The third-order valence-corrected chi connectivity index (χ3v) is 3.77. The topological polar surface area (TPSA) is 46.2 Å². The van der Waals surface area contributed by atoms with Gasteiger partial charge in [0.05, 0.1) is 0 Å². The first-order chi connectivity index (χ1) is 9.15. The smallest absolute Gasteiger partial charge is 0.224 e. The lowest BCUT2D eigenvalue weighted by Gasteiger charge is -2.08. The molecule has 1 saturated carbocycles. The van der Waals surface area contributed by atoms with Crippen LogP contribution < -0.4 is 5.32 Å². The molecule has 0 spiro atoms. The number of benzene rings is 1. The summed E-state index contributed by atoms with van der Waals surface area (Å²) in [5, 5.41) is 3.47. The minimum Gasteiger partial charge on any atom is -0.326 e. The summed E-state index contributed by atoms with van der Waals surface area (Å²) in [6.07, 6.45) is 4.81. The van der Waals surface area contributed by atoms with E-state index in [2.05, 4.69) is 5.32 Å². The van der Waals surface area contributed by atoms with Crippen molar-refractivity contribution in [3.63, 3.8) is 0 Å². The Hall–Kier alpha value is -1.35. The molecule has 0 saturated heterocycles. The van der Waals surface area contributed by atoms with Crippen LogP contribution in [0.15, 0.2) is 24.3 Å². The second-order valence-corrected chi connectivity index (χ2v) is 5.44. The van der Waals surface area contributed by atoms with Crippen LogP contribution in [0.3, 0.4) is 0 Å². The third-order valence-electron chi connectivity index (χ3n) is 3.52. The summed E-state index contributed by atoms with van der Waals surface area (Å²) in [4.78, 5) is 23.2. The van der Waals surface area contributed by atoms with Gasteiger partial charge in [0.15, 0.2) is 0 Å². The van der Waals surface area contributed by atoms with Crippen molar-refractivity contribution in [1.82, 2.24) is 0 Å². The molecule has 1 aromatic carbocycles. The molecule has 0 radical (unpaired) electrons. The molecule has 1 atom stereocenters. The minimum atomic E-state index is -0.00670. The van der Waals surface area contributed by atoms with E-state index >= 15 is 0 Å². The highest BCUT2D eigenvalue weighted by Crippen LogP contribution is 2.26. The van der Waals surface area contributed by atoms with E-state index in [0.29, 0.717) is 17.2 Å². The van der Waals surface area contributed by atoms with Gasteiger partial charge >= 0.3 is 0 Å². The van der Waals surface area contributed by atoms with E-state index in [1.807, 2.05) is 0 Å². The standard InChI is InChI=1S/C15H18ClNO2/c16-12-7-9-13(10-8-12)17-15(19)6-2-4-11-3-1-5-14(11)18/h7-11H,1-6H2,(H,17,19)/t11-/m0/s1. The Morgan fingerprint density at radius 2 is 2.05 bits per heavy atom. The van der Waals surface area contributed by atoms with Crippen LogP contribution in [0.1, 0.15) is 38.5 Å². The summed E-state index contributed by atoms with van der Waals surface area (Å²) in [7, 11) is 0. The first-order valence-electron chi connectivity index (χ1n) is 6.73. The van der Waals surface area contributed by atoms with Crippen molar-refractivity contribution >= 4 is 29.0 Å². The van der Waals surface area contributed by atoms with Gasteiger partial charge in [-0.2, -0.15) is 0 Å². The molecule has 1 fully saturated rings. The van der Waals surface area contributed by atoms with E-state index in [1.54, 1.807) is 24.3 Å². The average molecular weight is 280 g/mol. The largest absolute Gasteiger partial charge is 0.326 e. The number of Topliss-reactive ketones (excluding diaryl/α,β-unsaturated/α-hetero) is 1. The van der Waals surface area contributed by atoms with E-state index in [1.165, 1.54) is 0 Å². The quantitative estimate of drug-likeness (QED) is 0.891. The maximum atomic E-state index is 11.7. The van der Waals surface area contributed by atoms with Crippen LogP contribution in [0.5, 0.6) is 0 Å². The molecule has 1 aromatic rings. The van der Waals surface area contributed by atoms with Gasteiger partial charge in [-0.3, -0.25) is 9.59 Å². The van der Waals surface area contributed by atoms with Crippen molar-refractivity contribution in [3.05, 3.63) is 29.3 Å². The fraction of sp³-hybridized carbons (Fsp3) is 0.467. The molecule has 102 valence electrons. The van der Waals surface area contributed by atoms with Gasteiger partial charge in [0.2, 0.25) is 5.91 Å². The number of amides is 1. The van der Waals surface area contributed by atoms with Crippen LogP contribution in [-0.2, 0) is 9.59 Å². The molecule has 3 nitrogen and oxygen atoms in total. The molecule has 1 aliphatic rings. The minimum absolute atomic E-state index is 0.00670. The van der Waals surface area contributed by atoms with E-state index < -0.39 is 0 Å². The van der Waals surface area contributed by atoms with Crippen molar-refractivity contribution < 1.29 is 9.59 Å². The van der Waals surface area contributed by atoms with Crippen molar-refractivity contribution in [2.45, 2.75) is 38.5 Å². The number of carbonyl (C=O) groups is 2. The maximum absolute atomic E-state index is 11.7. The van der Waals surface area contributed by atoms with E-state index in [-0.39, 0.29) is 11.8 Å². The Bertz CT molecular complexity index is 456. The molecule has 0 unspecified atom stereocenters. The zero-order chi connectivity index (χ0) is 13.7. The predicted molar refractivity (Wildman–Crippen MR) is 76.3 cm³/mol. The van der Waals surface area contributed by atoms with Gasteiger partial charge in [-0.05, 0) is 49.9 Å².